The summed E-state index contributed by atoms with van der Waals surface area (Å²) in [5.74, 6) is 0.837. The number of nitrogens with two attached hydrogens (primary N) is 1. The summed E-state index contributed by atoms with van der Waals surface area (Å²) in [6.45, 7) is 2.78. The maximum Gasteiger partial charge on any atom is 0.234 e. The summed E-state index contributed by atoms with van der Waals surface area (Å²) in [6, 6.07) is 6.06. The lowest BCUT2D eigenvalue weighted by Gasteiger charge is -2.20. The molecule has 3 N–H and O–H groups in total. The Bertz CT molecular complexity index is 418. The number of carbonyl (C=O) groups is 1. The number of hydrogen-bond acceptors (Lipinski definition) is 3. The van der Waals surface area contributed by atoms with Crippen molar-refractivity contribution in [3.05, 3.63) is 29.3 Å². The number of rotatable bonds is 3. The Kier molecular flexibility index (Phi) is 3.64. The molecule has 1 heterocycles. The number of aryl methyl sites for hydroxylation is 1. The zero-order valence-electron chi connectivity index (χ0n) is 10.0. The highest BCUT2D eigenvalue weighted by Gasteiger charge is 2.14. The van der Waals surface area contributed by atoms with E-state index in [1.807, 2.05) is 19.1 Å². The lowest BCUT2D eigenvalue weighted by molar-refractivity contribution is -0.120. The molecule has 2 rings (SSSR count). The number of ether oxygens (including phenoxy) is 1. The van der Waals surface area contributed by atoms with Gasteiger partial charge in [-0.05, 0) is 37.0 Å². The second kappa shape index (κ2) is 5.19. The molecule has 0 bridgehead atoms. The van der Waals surface area contributed by atoms with Crippen LogP contribution >= 0.6 is 0 Å². The van der Waals surface area contributed by atoms with Crippen LogP contribution in [0, 0.1) is 0 Å². The van der Waals surface area contributed by atoms with E-state index in [1.54, 1.807) is 0 Å². The van der Waals surface area contributed by atoms with E-state index >= 15 is 0 Å². The van der Waals surface area contributed by atoms with Crippen LogP contribution < -0.4 is 15.8 Å². The smallest absolute Gasteiger partial charge is 0.234 e. The molecule has 4 heteroatoms. The molecule has 0 aliphatic carbocycles. The first-order valence-electron chi connectivity index (χ1n) is 5.96. The van der Waals surface area contributed by atoms with E-state index in [9.17, 15) is 4.79 Å². The van der Waals surface area contributed by atoms with Gasteiger partial charge in [-0.25, -0.2) is 0 Å². The van der Waals surface area contributed by atoms with Gasteiger partial charge in [-0.3, -0.25) is 4.79 Å². The molecule has 92 valence electrons. The molecular formula is C13H18N2O2. The van der Waals surface area contributed by atoms with E-state index in [1.165, 1.54) is 5.56 Å². The van der Waals surface area contributed by atoms with E-state index in [-0.39, 0.29) is 18.5 Å². The summed E-state index contributed by atoms with van der Waals surface area (Å²) in [4.78, 5) is 11.2. The minimum atomic E-state index is -0.133. The van der Waals surface area contributed by atoms with Crippen LogP contribution in [0.5, 0.6) is 5.75 Å². The average Bonchev–Trinajstić information content (AvgIpc) is 2.38. The molecule has 0 saturated heterocycles. The molecule has 1 aromatic rings. The first kappa shape index (κ1) is 11.9. The molecule has 0 radical (unpaired) electrons. The topological polar surface area (TPSA) is 64.4 Å². The standard InChI is InChI=1S/C13H18N2O2/c1-9(15-13(16)8-14)10-4-5-12-11(7-10)3-2-6-17-12/h4-5,7,9H,2-3,6,8,14H2,1H3,(H,15,16). The molecule has 0 fully saturated rings. The normalized spacial score (nSPS) is 15.6. The largest absolute Gasteiger partial charge is 0.493 e. The van der Waals surface area contributed by atoms with Crippen molar-refractivity contribution in [1.82, 2.24) is 5.32 Å². The maximum atomic E-state index is 11.2. The van der Waals surface area contributed by atoms with Crippen LogP contribution in [-0.4, -0.2) is 19.1 Å². The predicted octanol–water partition coefficient (Wildman–Crippen LogP) is 1.15. The average molecular weight is 234 g/mol. The zero-order valence-corrected chi connectivity index (χ0v) is 10.0. The Labute approximate surface area is 101 Å². The highest BCUT2D eigenvalue weighted by atomic mass is 16.5. The number of carbonyl (C=O) groups excluding carboxylic acids is 1. The van der Waals surface area contributed by atoms with Gasteiger partial charge in [-0.2, -0.15) is 0 Å². The van der Waals surface area contributed by atoms with E-state index < -0.39 is 0 Å². The molecule has 1 aliphatic heterocycles. The Hall–Kier alpha value is -1.55. The van der Waals surface area contributed by atoms with Crippen molar-refractivity contribution in [1.29, 1.82) is 0 Å². The van der Waals surface area contributed by atoms with Gasteiger partial charge in [0.2, 0.25) is 5.91 Å². The van der Waals surface area contributed by atoms with Crippen molar-refractivity contribution in [2.75, 3.05) is 13.2 Å². The quantitative estimate of drug-likeness (QED) is 0.824. The van der Waals surface area contributed by atoms with Crippen molar-refractivity contribution in [3.63, 3.8) is 0 Å². The monoisotopic (exact) mass is 234 g/mol. The molecule has 17 heavy (non-hydrogen) atoms. The fourth-order valence-corrected chi connectivity index (χ4v) is 2.03. The number of fused-ring (bicyclic) bond motifs is 1. The molecular weight excluding hydrogens is 216 g/mol. The first-order valence-corrected chi connectivity index (χ1v) is 5.96. The summed E-state index contributed by atoms with van der Waals surface area (Å²) in [6.07, 6.45) is 2.10. The van der Waals surface area contributed by atoms with Crippen molar-refractivity contribution >= 4 is 5.91 Å². The predicted molar refractivity (Wildman–Crippen MR) is 65.9 cm³/mol. The lowest BCUT2D eigenvalue weighted by atomic mass is 10.00. The van der Waals surface area contributed by atoms with Gasteiger partial charge in [0.15, 0.2) is 0 Å². The third-order valence-electron chi connectivity index (χ3n) is 3.00. The fraction of sp³-hybridized carbons (Fsp3) is 0.462. The summed E-state index contributed by atoms with van der Waals surface area (Å²) in [5, 5.41) is 2.85. The Morgan fingerprint density at radius 3 is 3.18 bits per heavy atom. The van der Waals surface area contributed by atoms with Crippen LogP contribution in [0.4, 0.5) is 0 Å². The Balaban J connectivity index is 2.13. The number of hydrogen-bond donors (Lipinski definition) is 2. The van der Waals surface area contributed by atoms with Gasteiger partial charge < -0.3 is 15.8 Å². The molecule has 1 aliphatic rings. The number of amides is 1. The van der Waals surface area contributed by atoms with Crippen LogP contribution in [0.3, 0.4) is 0 Å². The highest BCUT2D eigenvalue weighted by molar-refractivity contribution is 5.78. The molecule has 1 unspecified atom stereocenters. The zero-order chi connectivity index (χ0) is 12.3. The first-order chi connectivity index (χ1) is 8.20. The van der Waals surface area contributed by atoms with Crippen LogP contribution in [0.2, 0.25) is 0 Å². The molecule has 1 atom stereocenters. The molecule has 0 spiro atoms. The van der Waals surface area contributed by atoms with Gasteiger partial charge in [0.05, 0.1) is 19.2 Å². The highest BCUT2D eigenvalue weighted by Crippen LogP contribution is 2.27. The SMILES string of the molecule is CC(NC(=O)CN)c1ccc2c(c1)CCCO2. The molecule has 4 nitrogen and oxygen atoms in total. The van der Waals surface area contributed by atoms with Crippen LogP contribution in [-0.2, 0) is 11.2 Å². The number of benzene rings is 1. The van der Waals surface area contributed by atoms with Gasteiger partial charge in [0, 0.05) is 0 Å². The van der Waals surface area contributed by atoms with Gasteiger partial charge in [-0.15, -0.1) is 0 Å². The summed E-state index contributed by atoms with van der Waals surface area (Å²) in [5.41, 5.74) is 7.60. The number of nitrogens with one attached hydrogen (secondary N) is 1. The third kappa shape index (κ3) is 2.77. The lowest BCUT2D eigenvalue weighted by Crippen LogP contribution is -2.32. The van der Waals surface area contributed by atoms with Gasteiger partial charge in [-0.1, -0.05) is 12.1 Å². The molecule has 1 amide bonds. The Morgan fingerprint density at radius 1 is 1.59 bits per heavy atom. The van der Waals surface area contributed by atoms with Crippen LogP contribution in [0.15, 0.2) is 18.2 Å². The second-order valence-electron chi connectivity index (χ2n) is 4.31. The van der Waals surface area contributed by atoms with E-state index in [0.717, 1.165) is 30.8 Å². The molecule has 0 aromatic heterocycles. The van der Waals surface area contributed by atoms with Gasteiger partial charge in [0.25, 0.3) is 0 Å². The molecule has 0 saturated carbocycles. The van der Waals surface area contributed by atoms with E-state index in [4.69, 9.17) is 10.5 Å². The second-order valence-corrected chi connectivity index (χ2v) is 4.31. The summed E-state index contributed by atoms with van der Waals surface area (Å²) in [7, 11) is 0. The van der Waals surface area contributed by atoms with Crippen LogP contribution in [0.25, 0.3) is 0 Å². The van der Waals surface area contributed by atoms with Crippen LogP contribution in [0.1, 0.15) is 30.5 Å². The van der Waals surface area contributed by atoms with Crippen molar-refractivity contribution in [2.24, 2.45) is 5.73 Å². The maximum absolute atomic E-state index is 11.2. The third-order valence-corrected chi connectivity index (χ3v) is 3.00. The van der Waals surface area contributed by atoms with Gasteiger partial charge >= 0.3 is 0 Å². The van der Waals surface area contributed by atoms with E-state index in [2.05, 4.69) is 11.4 Å². The minimum Gasteiger partial charge on any atom is -0.493 e. The summed E-state index contributed by atoms with van der Waals surface area (Å²) >= 11 is 0. The van der Waals surface area contributed by atoms with E-state index in [0.29, 0.717) is 0 Å². The van der Waals surface area contributed by atoms with Crippen molar-refractivity contribution in [3.8, 4) is 5.75 Å². The fourth-order valence-electron chi connectivity index (χ4n) is 2.03. The molecule has 1 aromatic carbocycles. The minimum absolute atomic E-state index is 0.0155. The summed E-state index contributed by atoms with van der Waals surface area (Å²) < 4.78 is 5.55. The van der Waals surface area contributed by atoms with Crippen molar-refractivity contribution in [2.45, 2.75) is 25.8 Å². The van der Waals surface area contributed by atoms with Crippen molar-refractivity contribution < 1.29 is 9.53 Å². The Morgan fingerprint density at radius 2 is 2.41 bits per heavy atom. The van der Waals surface area contributed by atoms with Gasteiger partial charge in [0.1, 0.15) is 5.75 Å².